The molecule has 0 aliphatic carbocycles. The molecule has 2 rings (SSSR count). The number of nitrogens with one attached hydrogen (secondary N) is 1. The monoisotopic (exact) mass is 293 g/mol. The molecule has 1 heterocycles. The molecule has 116 valence electrons. The first kappa shape index (κ1) is 15.9. The standard InChI is InChI=1S/C16H24FN3O/c1-11(18)15(13-5-3-4-6-14(13)17)20-9-7-12(8-10-20)16(21)19-2/h3-6,11-12,15H,7-10,18H2,1-2H3,(H,19,21). The predicted octanol–water partition coefficient (Wildman–Crippen LogP) is 1.67. The van der Waals surface area contributed by atoms with E-state index in [1.807, 2.05) is 13.0 Å². The number of rotatable bonds is 4. The van der Waals surface area contributed by atoms with E-state index in [0.29, 0.717) is 5.56 Å². The van der Waals surface area contributed by atoms with Gasteiger partial charge in [-0.2, -0.15) is 0 Å². The van der Waals surface area contributed by atoms with Gasteiger partial charge in [-0.15, -0.1) is 0 Å². The highest BCUT2D eigenvalue weighted by Crippen LogP contribution is 2.30. The highest BCUT2D eigenvalue weighted by atomic mass is 19.1. The first-order chi connectivity index (χ1) is 10.0. The molecule has 1 aliphatic heterocycles. The number of amides is 1. The Morgan fingerprint density at radius 2 is 2.00 bits per heavy atom. The van der Waals surface area contributed by atoms with Crippen LogP contribution in [0, 0.1) is 11.7 Å². The second kappa shape index (κ2) is 7.00. The Balaban J connectivity index is 2.11. The number of nitrogens with two attached hydrogens (primary N) is 1. The molecule has 0 bridgehead atoms. The second-order valence-corrected chi connectivity index (χ2v) is 5.75. The maximum absolute atomic E-state index is 14.1. The number of piperidine rings is 1. The summed E-state index contributed by atoms with van der Waals surface area (Å²) < 4.78 is 14.1. The Bertz CT molecular complexity index is 484. The summed E-state index contributed by atoms with van der Waals surface area (Å²) >= 11 is 0. The number of likely N-dealkylation sites (tertiary alicyclic amines) is 1. The van der Waals surface area contributed by atoms with Gasteiger partial charge in [0.05, 0.1) is 6.04 Å². The van der Waals surface area contributed by atoms with Crippen molar-refractivity contribution in [3.05, 3.63) is 35.6 Å². The van der Waals surface area contributed by atoms with Crippen molar-refractivity contribution in [3.63, 3.8) is 0 Å². The van der Waals surface area contributed by atoms with Crippen LogP contribution in [-0.2, 0) is 4.79 Å². The van der Waals surface area contributed by atoms with E-state index in [0.717, 1.165) is 25.9 Å². The minimum Gasteiger partial charge on any atom is -0.359 e. The fourth-order valence-electron chi connectivity index (χ4n) is 3.17. The summed E-state index contributed by atoms with van der Waals surface area (Å²) in [6, 6.07) is 6.49. The quantitative estimate of drug-likeness (QED) is 0.888. The average molecular weight is 293 g/mol. The SMILES string of the molecule is CNC(=O)C1CCN(C(c2ccccc2F)C(C)N)CC1. The van der Waals surface area contributed by atoms with Gasteiger partial charge in [-0.25, -0.2) is 4.39 Å². The van der Waals surface area contributed by atoms with E-state index >= 15 is 0 Å². The van der Waals surface area contributed by atoms with E-state index in [1.165, 1.54) is 6.07 Å². The molecular formula is C16H24FN3O. The number of benzene rings is 1. The molecule has 1 amide bonds. The number of carbonyl (C=O) groups excluding carboxylic acids is 1. The maximum atomic E-state index is 14.1. The summed E-state index contributed by atoms with van der Waals surface area (Å²) in [5, 5.41) is 2.70. The van der Waals surface area contributed by atoms with E-state index in [4.69, 9.17) is 5.73 Å². The molecule has 0 saturated carbocycles. The van der Waals surface area contributed by atoms with Crippen LogP contribution < -0.4 is 11.1 Å². The van der Waals surface area contributed by atoms with Crippen molar-refractivity contribution in [1.82, 2.24) is 10.2 Å². The summed E-state index contributed by atoms with van der Waals surface area (Å²) in [7, 11) is 1.67. The van der Waals surface area contributed by atoms with Gasteiger partial charge in [-0.3, -0.25) is 9.69 Å². The van der Waals surface area contributed by atoms with E-state index in [9.17, 15) is 9.18 Å². The summed E-state index contributed by atoms with van der Waals surface area (Å²) in [6.07, 6.45) is 1.58. The van der Waals surface area contributed by atoms with Crippen LogP contribution in [0.4, 0.5) is 4.39 Å². The van der Waals surface area contributed by atoms with Crippen molar-refractivity contribution in [2.24, 2.45) is 11.7 Å². The molecule has 1 aromatic carbocycles. The molecule has 4 nitrogen and oxygen atoms in total. The third-order valence-corrected chi connectivity index (χ3v) is 4.26. The van der Waals surface area contributed by atoms with Crippen LogP contribution in [-0.4, -0.2) is 37.0 Å². The number of carbonyl (C=O) groups is 1. The average Bonchev–Trinajstić information content (AvgIpc) is 2.49. The van der Waals surface area contributed by atoms with Gasteiger partial charge >= 0.3 is 0 Å². The molecule has 0 spiro atoms. The van der Waals surface area contributed by atoms with E-state index < -0.39 is 0 Å². The molecule has 0 radical (unpaired) electrons. The van der Waals surface area contributed by atoms with Crippen molar-refractivity contribution < 1.29 is 9.18 Å². The van der Waals surface area contributed by atoms with Crippen LogP contribution in [0.15, 0.2) is 24.3 Å². The topological polar surface area (TPSA) is 58.4 Å². The molecule has 1 aromatic rings. The lowest BCUT2D eigenvalue weighted by atomic mass is 9.91. The zero-order valence-electron chi connectivity index (χ0n) is 12.7. The number of hydrogen-bond donors (Lipinski definition) is 2. The van der Waals surface area contributed by atoms with Gasteiger partial charge in [0.2, 0.25) is 5.91 Å². The molecule has 21 heavy (non-hydrogen) atoms. The number of hydrogen-bond acceptors (Lipinski definition) is 3. The lowest BCUT2D eigenvalue weighted by Crippen LogP contribution is -2.46. The smallest absolute Gasteiger partial charge is 0.222 e. The third-order valence-electron chi connectivity index (χ3n) is 4.26. The summed E-state index contributed by atoms with van der Waals surface area (Å²) in [6.45, 7) is 3.43. The van der Waals surface area contributed by atoms with Gasteiger partial charge in [0.15, 0.2) is 0 Å². The fraction of sp³-hybridized carbons (Fsp3) is 0.562. The molecular weight excluding hydrogens is 269 g/mol. The zero-order valence-corrected chi connectivity index (χ0v) is 12.7. The summed E-state index contributed by atoms with van der Waals surface area (Å²) in [4.78, 5) is 13.9. The molecule has 3 N–H and O–H groups in total. The first-order valence-corrected chi connectivity index (χ1v) is 7.50. The van der Waals surface area contributed by atoms with Gasteiger partial charge in [-0.05, 0) is 38.9 Å². The third kappa shape index (κ3) is 3.60. The number of halogens is 1. The first-order valence-electron chi connectivity index (χ1n) is 7.50. The molecule has 0 aromatic heterocycles. The minimum atomic E-state index is -0.215. The highest BCUT2D eigenvalue weighted by molar-refractivity contribution is 5.78. The number of nitrogens with zero attached hydrogens (tertiary/aromatic N) is 1. The van der Waals surface area contributed by atoms with Crippen LogP contribution in [0.1, 0.15) is 31.4 Å². The van der Waals surface area contributed by atoms with Crippen molar-refractivity contribution in [2.75, 3.05) is 20.1 Å². The normalized spacial score (nSPS) is 20.0. The lowest BCUT2D eigenvalue weighted by molar-refractivity contribution is -0.126. The minimum absolute atomic E-state index is 0.0561. The van der Waals surface area contributed by atoms with E-state index in [1.54, 1.807) is 19.2 Å². The molecule has 2 unspecified atom stereocenters. The Morgan fingerprint density at radius 1 is 1.38 bits per heavy atom. The molecule has 2 atom stereocenters. The highest BCUT2D eigenvalue weighted by Gasteiger charge is 2.31. The molecule has 5 heteroatoms. The van der Waals surface area contributed by atoms with Crippen molar-refractivity contribution in [2.45, 2.75) is 31.8 Å². The van der Waals surface area contributed by atoms with Crippen molar-refractivity contribution >= 4 is 5.91 Å². The van der Waals surface area contributed by atoms with Crippen LogP contribution in [0.3, 0.4) is 0 Å². The van der Waals surface area contributed by atoms with Crippen LogP contribution >= 0.6 is 0 Å². The van der Waals surface area contributed by atoms with Crippen LogP contribution in [0.5, 0.6) is 0 Å². The molecule has 1 saturated heterocycles. The van der Waals surface area contributed by atoms with Gasteiger partial charge in [0.1, 0.15) is 5.82 Å². The Hall–Kier alpha value is -1.46. The zero-order chi connectivity index (χ0) is 15.4. The van der Waals surface area contributed by atoms with E-state index in [-0.39, 0.29) is 29.7 Å². The largest absolute Gasteiger partial charge is 0.359 e. The maximum Gasteiger partial charge on any atom is 0.222 e. The Kier molecular flexibility index (Phi) is 5.31. The Morgan fingerprint density at radius 3 is 2.52 bits per heavy atom. The lowest BCUT2D eigenvalue weighted by Gasteiger charge is -2.39. The van der Waals surface area contributed by atoms with E-state index in [2.05, 4.69) is 10.2 Å². The predicted molar refractivity (Wildman–Crippen MR) is 81.2 cm³/mol. The van der Waals surface area contributed by atoms with Crippen molar-refractivity contribution in [3.8, 4) is 0 Å². The molecule has 1 aliphatic rings. The summed E-state index contributed by atoms with van der Waals surface area (Å²) in [5.41, 5.74) is 6.75. The Labute approximate surface area is 125 Å². The fourth-order valence-corrected chi connectivity index (χ4v) is 3.17. The van der Waals surface area contributed by atoms with Crippen LogP contribution in [0.2, 0.25) is 0 Å². The van der Waals surface area contributed by atoms with Crippen molar-refractivity contribution in [1.29, 1.82) is 0 Å². The van der Waals surface area contributed by atoms with Crippen LogP contribution in [0.25, 0.3) is 0 Å². The van der Waals surface area contributed by atoms with Gasteiger partial charge in [0.25, 0.3) is 0 Å². The van der Waals surface area contributed by atoms with Gasteiger partial charge in [0, 0.05) is 24.6 Å². The molecule has 1 fully saturated rings. The van der Waals surface area contributed by atoms with Gasteiger partial charge in [-0.1, -0.05) is 18.2 Å². The summed E-state index contributed by atoms with van der Waals surface area (Å²) in [5.74, 6) is -0.0632. The second-order valence-electron chi connectivity index (χ2n) is 5.75. The van der Waals surface area contributed by atoms with Gasteiger partial charge < -0.3 is 11.1 Å².